The highest BCUT2D eigenvalue weighted by atomic mass is 19.3. The van der Waals surface area contributed by atoms with Crippen molar-refractivity contribution in [3.63, 3.8) is 0 Å². The van der Waals surface area contributed by atoms with Crippen molar-refractivity contribution in [2.75, 3.05) is 6.67 Å². The Balaban J connectivity index is 3.02. The first-order valence-electron chi connectivity index (χ1n) is 3.23. The topological polar surface area (TPSA) is 28.7 Å². The Kier molecular flexibility index (Phi) is 2.27. The predicted molar refractivity (Wildman–Crippen MR) is 33.4 cm³/mol. The van der Waals surface area contributed by atoms with Crippen molar-refractivity contribution in [1.29, 1.82) is 0 Å². The molecular formula is C6H5F5N2. The molecular weight excluding hydrogens is 195 g/mol. The molecule has 0 aliphatic heterocycles. The zero-order valence-electron chi connectivity index (χ0n) is 6.20. The number of aromatic nitrogens is 2. The summed E-state index contributed by atoms with van der Waals surface area (Å²) in [6, 6.07) is 0.670. The van der Waals surface area contributed by atoms with Gasteiger partial charge >= 0.3 is 11.8 Å². The van der Waals surface area contributed by atoms with Crippen molar-refractivity contribution in [1.82, 2.24) is 10.2 Å². The van der Waals surface area contributed by atoms with E-state index in [1.807, 2.05) is 0 Å². The Labute approximate surface area is 69.8 Å². The molecule has 0 bridgehead atoms. The van der Waals surface area contributed by atoms with Gasteiger partial charge in [-0.05, 0) is 6.07 Å². The molecule has 0 fully saturated rings. The quantitative estimate of drug-likeness (QED) is 0.743. The average Bonchev–Trinajstić information content (AvgIpc) is 2.56. The minimum atomic E-state index is -4.71. The molecule has 0 aliphatic carbocycles. The van der Waals surface area contributed by atoms with Crippen LogP contribution in [0.15, 0.2) is 12.3 Å². The number of rotatable bonds is 3. The largest absolute Gasteiger partial charge is 0.353 e. The third-order valence-electron chi connectivity index (χ3n) is 1.47. The van der Waals surface area contributed by atoms with E-state index in [9.17, 15) is 22.0 Å². The molecule has 1 N–H and O–H groups in total. The molecule has 0 spiro atoms. The second-order valence-corrected chi connectivity index (χ2v) is 2.38. The van der Waals surface area contributed by atoms with Crippen LogP contribution >= 0.6 is 0 Å². The fourth-order valence-electron chi connectivity index (χ4n) is 0.712. The van der Waals surface area contributed by atoms with Gasteiger partial charge in [-0.2, -0.15) is 22.7 Å². The standard InChI is InChI=1S/C6H5F5N2/c7-3-5(8,9)6(10,11)4-1-2-12-13-4/h1-2H,3H2,(H,12,13). The second-order valence-electron chi connectivity index (χ2n) is 2.38. The average molecular weight is 200 g/mol. The van der Waals surface area contributed by atoms with E-state index in [1.54, 1.807) is 5.10 Å². The normalized spacial score (nSPS) is 13.3. The molecule has 13 heavy (non-hydrogen) atoms. The molecule has 74 valence electrons. The molecule has 0 unspecified atom stereocenters. The Morgan fingerprint density at radius 2 is 1.92 bits per heavy atom. The molecule has 0 amide bonds. The van der Waals surface area contributed by atoms with Gasteiger partial charge in [0.05, 0.1) is 0 Å². The third kappa shape index (κ3) is 1.50. The molecule has 0 saturated carbocycles. The van der Waals surface area contributed by atoms with Gasteiger partial charge in [-0.25, -0.2) is 4.39 Å². The SMILES string of the molecule is FCC(F)(F)C(F)(F)c1ccn[nH]1. The molecule has 0 aromatic carbocycles. The van der Waals surface area contributed by atoms with E-state index in [2.05, 4.69) is 5.10 Å². The van der Waals surface area contributed by atoms with Crippen LogP contribution in [0.5, 0.6) is 0 Å². The zero-order chi connectivity index (χ0) is 10.1. The summed E-state index contributed by atoms with van der Waals surface area (Å²) in [7, 11) is 0. The number of alkyl halides is 5. The molecule has 0 aliphatic rings. The minimum Gasteiger partial charge on any atom is -0.276 e. The summed E-state index contributed by atoms with van der Waals surface area (Å²) < 4.78 is 61.6. The Morgan fingerprint density at radius 1 is 1.31 bits per heavy atom. The summed E-state index contributed by atoms with van der Waals surface area (Å²) in [6.07, 6.45) is 0.886. The van der Waals surface area contributed by atoms with Crippen molar-refractivity contribution < 1.29 is 22.0 Å². The van der Waals surface area contributed by atoms with Crippen LogP contribution < -0.4 is 0 Å². The molecule has 1 aromatic rings. The number of hydrogen-bond acceptors (Lipinski definition) is 1. The summed E-state index contributed by atoms with van der Waals surface area (Å²) in [5, 5.41) is 4.75. The van der Waals surface area contributed by atoms with Crippen LogP contribution in [0.2, 0.25) is 0 Å². The fourth-order valence-corrected chi connectivity index (χ4v) is 0.712. The maximum atomic E-state index is 12.7. The van der Waals surface area contributed by atoms with E-state index in [0.29, 0.717) is 6.07 Å². The van der Waals surface area contributed by atoms with Crippen LogP contribution in [0.1, 0.15) is 5.69 Å². The Hall–Kier alpha value is -1.14. The van der Waals surface area contributed by atoms with Gasteiger partial charge in [0.25, 0.3) is 0 Å². The third-order valence-corrected chi connectivity index (χ3v) is 1.47. The monoisotopic (exact) mass is 200 g/mol. The highest BCUT2D eigenvalue weighted by Crippen LogP contribution is 2.41. The Bertz CT molecular complexity index is 269. The number of nitrogens with zero attached hydrogens (tertiary/aromatic N) is 1. The van der Waals surface area contributed by atoms with Gasteiger partial charge in [0, 0.05) is 6.20 Å². The highest BCUT2D eigenvalue weighted by Gasteiger charge is 2.58. The van der Waals surface area contributed by atoms with Crippen molar-refractivity contribution in [2.45, 2.75) is 11.8 Å². The van der Waals surface area contributed by atoms with Gasteiger partial charge in [-0.1, -0.05) is 0 Å². The van der Waals surface area contributed by atoms with Crippen molar-refractivity contribution in [3.8, 4) is 0 Å². The number of H-pyrrole nitrogens is 1. The first-order valence-corrected chi connectivity index (χ1v) is 3.23. The summed E-state index contributed by atoms with van der Waals surface area (Å²) in [6.45, 7) is -2.42. The van der Waals surface area contributed by atoms with Gasteiger partial charge in [0.1, 0.15) is 5.69 Å². The molecule has 1 aromatic heterocycles. The molecule has 0 radical (unpaired) electrons. The minimum absolute atomic E-state index is 0.670. The smallest absolute Gasteiger partial charge is 0.276 e. The summed E-state index contributed by atoms with van der Waals surface area (Å²) in [5.41, 5.74) is -1.10. The maximum absolute atomic E-state index is 12.7. The van der Waals surface area contributed by atoms with Gasteiger partial charge in [0.2, 0.25) is 0 Å². The molecule has 0 saturated heterocycles. The molecule has 0 atom stereocenters. The molecule has 1 rings (SSSR count). The van der Waals surface area contributed by atoms with Gasteiger partial charge in [0.15, 0.2) is 6.67 Å². The highest BCUT2D eigenvalue weighted by molar-refractivity contribution is 5.10. The van der Waals surface area contributed by atoms with Crippen LogP contribution in [-0.4, -0.2) is 22.8 Å². The maximum Gasteiger partial charge on any atom is 0.353 e. The van der Waals surface area contributed by atoms with Crippen LogP contribution in [0.3, 0.4) is 0 Å². The van der Waals surface area contributed by atoms with E-state index >= 15 is 0 Å². The lowest BCUT2D eigenvalue weighted by Crippen LogP contribution is -2.40. The summed E-state index contributed by atoms with van der Waals surface area (Å²) >= 11 is 0. The number of halogens is 5. The molecule has 1 heterocycles. The predicted octanol–water partition coefficient (Wildman–Crippen LogP) is 2.11. The van der Waals surface area contributed by atoms with E-state index in [-0.39, 0.29) is 0 Å². The Morgan fingerprint density at radius 3 is 2.31 bits per heavy atom. The van der Waals surface area contributed by atoms with Crippen molar-refractivity contribution in [3.05, 3.63) is 18.0 Å². The van der Waals surface area contributed by atoms with Gasteiger partial charge in [-0.3, -0.25) is 5.10 Å². The number of aromatic amines is 1. The summed E-state index contributed by atoms with van der Waals surface area (Å²) in [5.74, 6) is -9.27. The lowest BCUT2D eigenvalue weighted by molar-refractivity contribution is -0.224. The van der Waals surface area contributed by atoms with Crippen LogP contribution in [-0.2, 0) is 5.92 Å². The lowest BCUT2D eigenvalue weighted by Gasteiger charge is -2.22. The first-order chi connectivity index (χ1) is 5.92. The van der Waals surface area contributed by atoms with Gasteiger partial charge < -0.3 is 0 Å². The van der Waals surface area contributed by atoms with Gasteiger partial charge in [-0.15, -0.1) is 0 Å². The van der Waals surface area contributed by atoms with E-state index in [1.165, 1.54) is 0 Å². The van der Waals surface area contributed by atoms with Crippen molar-refractivity contribution in [2.24, 2.45) is 0 Å². The zero-order valence-corrected chi connectivity index (χ0v) is 6.20. The lowest BCUT2D eigenvalue weighted by atomic mass is 10.1. The van der Waals surface area contributed by atoms with E-state index in [4.69, 9.17) is 0 Å². The molecule has 2 nitrogen and oxygen atoms in total. The fraction of sp³-hybridized carbons (Fsp3) is 0.500. The van der Waals surface area contributed by atoms with Crippen molar-refractivity contribution >= 4 is 0 Å². The van der Waals surface area contributed by atoms with E-state index in [0.717, 1.165) is 6.20 Å². The number of hydrogen-bond donors (Lipinski definition) is 1. The van der Waals surface area contributed by atoms with Crippen LogP contribution in [0, 0.1) is 0 Å². The first kappa shape index (κ1) is 9.94. The number of nitrogens with one attached hydrogen (secondary N) is 1. The van der Waals surface area contributed by atoms with E-state index < -0.39 is 24.2 Å². The summed E-state index contributed by atoms with van der Waals surface area (Å²) in [4.78, 5) is 0. The second kappa shape index (κ2) is 2.97. The van der Waals surface area contributed by atoms with Crippen LogP contribution in [0.25, 0.3) is 0 Å². The molecule has 7 heteroatoms. The van der Waals surface area contributed by atoms with Crippen LogP contribution in [0.4, 0.5) is 22.0 Å².